The molecule has 102 valence electrons. The van der Waals surface area contributed by atoms with E-state index < -0.39 is 17.6 Å². The number of rotatable bonds is 6. The molecule has 0 fully saturated rings. The summed E-state index contributed by atoms with van der Waals surface area (Å²) in [6.07, 6.45) is 2.22. The molecule has 0 bridgehead atoms. The molecule has 1 aromatic rings. The summed E-state index contributed by atoms with van der Waals surface area (Å²) in [5, 5.41) is 11.6. The average Bonchev–Trinajstić information content (AvgIpc) is 2.37. The van der Waals surface area contributed by atoms with E-state index in [2.05, 4.69) is 16.9 Å². The summed E-state index contributed by atoms with van der Waals surface area (Å²) < 4.78 is 4.72. The second-order valence-electron chi connectivity index (χ2n) is 4.15. The molecule has 0 radical (unpaired) electrons. The van der Waals surface area contributed by atoms with E-state index in [1.807, 2.05) is 0 Å². The number of amides is 1. The maximum atomic E-state index is 11.4. The Morgan fingerprint density at radius 1 is 1.58 bits per heavy atom. The Morgan fingerprint density at radius 2 is 2.32 bits per heavy atom. The fourth-order valence-corrected chi connectivity index (χ4v) is 1.43. The largest absolute Gasteiger partial charge is 0.480 e. The minimum atomic E-state index is -1.48. The van der Waals surface area contributed by atoms with Gasteiger partial charge in [0.05, 0.1) is 0 Å². The summed E-state index contributed by atoms with van der Waals surface area (Å²) in [6.45, 7) is 4.82. The van der Waals surface area contributed by atoms with Gasteiger partial charge in [-0.15, -0.1) is 0 Å². The summed E-state index contributed by atoms with van der Waals surface area (Å²) in [5.41, 5.74) is -0.913. The molecule has 0 aliphatic carbocycles. The molecular formula is C13H16N2O4. The molecule has 0 aliphatic rings. The van der Waals surface area contributed by atoms with E-state index in [0.717, 1.165) is 0 Å². The fraction of sp³-hybridized carbons (Fsp3) is 0.308. The first-order chi connectivity index (χ1) is 8.98. The van der Waals surface area contributed by atoms with Gasteiger partial charge in [-0.3, -0.25) is 4.98 Å². The molecule has 19 heavy (non-hydrogen) atoms. The second kappa shape index (κ2) is 6.53. The molecule has 6 nitrogen and oxygen atoms in total. The van der Waals surface area contributed by atoms with Crippen LogP contribution >= 0.6 is 0 Å². The van der Waals surface area contributed by atoms with Crippen molar-refractivity contribution in [3.05, 3.63) is 42.7 Å². The van der Waals surface area contributed by atoms with Crippen LogP contribution < -0.4 is 5.32 Å². The first-order valence-corrected chi connectivity index (χ1v) is 5.67. The van der Waals surface area contributed by atoms with Gasteiger partial charge in [-0.1, -0.05) is 18.7 Å². The number of carbonyl (C=O) groups is 2. The number of aromatic nitrogens is 1. The molecule has 0 spiro atoms. The summed E-state index contributed by atoms with van der Waals surface area (Å²) in [6, 6.07) is 5.17. The third-order valence-electron chi connectivity index (χ3n) is 2.44. The van der Waals surface area contributed by atoms with E-state index in [-0.39, 0.29) is 13.0 Å². The van der Waals surface area contributed by atoms with E-state index in [0.29, 0.717) is 5.69 Å². The molecule has 0 saturated heterocycles. The standard InChI is InChI=1S/C13H16N2O4/c1-3-8-19-12(18)15-13(2,11(16)17)9-10-6-4-5-7-14-10/h3-7H,1,8-9H2,2H3,(H,15,18)(H,16,17). The van der Waals surface area contributed by atoms with Gasteiger partial charge in [0, 0.05) is 18.3 Å². The van der Waals surface area contributed by atoms with E-state index in [1.54, 1.807) is 24.4 Å². The molecule has 2 N–H and O–H groups in total. The van der Waals surface area contributed by atoms with Gasteiger partial charge in [0.25, 0.3) is 0 Å². The lowest BCUT2D eigenvalue weighted by Crippen LogP contribution is -2.54. The van der Waals surface area contributed by atoms with Crippen LogP contribution in [0.15, 0.2) is 37.1 Å². The van der Waals surface area contributed by atoms with Crippen molar-refractivity contribution in [3.8, 4) is 0 Å². The maximum Gasteiger partial charge on any atom is 0.408 e. The highest BCUT2D eigenvalue weighted by Gasteiger charge is 2.36. The van der Waals surface area contributed by atoms with Crippen LogP contribution in [-0.2, 0) is 16.0 Å². The zero-order valence-electron chi connectivity index (χ0n) is 10.6. The number of carbonyl (C=O) groups excluding carboxylic acids is 1. The highest BCUT2D eigenvalue weighted by Crippen LogP contribution is 2.12. The Morgan fingerprint density at radius 3 is 2.84 bits per heavy atom. The number of carboxylic acids is 1. The lowest BCUT2D eigenvalue weighted by Gasteiger charge is -2.25. The highest BCUT2D eigenvalue weighted by atomic mass is 16.5. The summed E-state index contributed by atoms with van der Waals surface area (Å²) in [4.78, 5) is 26.8. The highest BCUT2D eigenvalue weighted by molar-refractivity contribution is 5.84. The number of nitrogens with one attached hydrogen (secondary N) is 1. The molecule has 1 unspecified atom stereocenters. The number of ether oxygens (including phenoxy) is 1. The monoisotopic (exact) mass is 264 g/mol. The SMILES string of the molecule is C=CCOC(=O)NC(C)(Cc1ccccn1)C(=O)O. The van der Waals surface area contributed by atoms with Crippen molar-refractivity contribution in [1.82, 2.24) is 10.3 Å². The third kappa shape index (κ3) is 4.42. The maximum absolute atomic E-state index is 11.4. The van der Waals surface area contributed by atoms with Gasteiger partial charge < -0.3 is 15.2 Å². The van der Waals surface area contributed by atoms with Crippen LogP contribution in [0.4, 0.5) is 4.79 Å². The topological polar surface area (TPSA) is 88.5 Å². The number of hydrogen-bond acceptors (Lipinski definition) is 4. The minimum absolute atomic E-state index is 0.0190. The average molecular weight is 264 g/mol. The van der Waals surface area contributed by atoms with Crippen LogP contribution in [0.5, 0.6) is 0 Å². The van der Waals surface area contributed by atoms with E-state index >= 15 is 0 Å². The molecule has 6 heteroatoms. The van der Waals surface area contributed by atoms with E-state index in [1.165, 1.54) is 13.0 Å². The Kier molecular flexibility index (Phi) is 5.05. The Bertz CT molecular complexity index is 461. The van der Waals surface area contributed by atoms with Crippen molar-refractivity contribution in [2.45, 2.75) is 18.9 Å². The molecule has 1 aromatic heterocycles. The van der Waals surface area contributed by atoms with Gasteiger partial charge in [0.2, 0.25) is 0 Å². The van der Waals surface area contributed by atoms with E-state index in [4.69, 9.17) is 4.74 Å². The third-order valence-corrected chi connectivity index (χ3v) is 2.44. The molecule has 0 saturated carbocycles. The van der Waals surface area contributed by atoms with Crippen molar-refractivity contribution >= 4 is 12.1 Å². The molecule has 1 rings (SSSR count). The summed E-state index contributed by atoms with van der Waals surface area (Å²) in [7, 11) is 0. The van der Waals surface area contributed by atoms with Crippen LogP contribution in [0.3, 0.4) is 0 Å². The number of aliphatic carboxylic acids is 1. The first kappa shape index (κ1) is 14.7. The predicted octanol–water partition coefficient (Wildman–Crippen LogP) is 1.38. The van der Waals surface area contributed by atoms with Gasteiger partial charge >= 0.3 is 12.1 Å². The van der Waals surface area contributed by atoms with Crippen LogP contribution in [0.1, 0.15) is 12.6 Å². The fourth-order valence-electron chi connectivity index (χ4n) is 1.43. The summed E-state index contributed by atoms with van der Waals surface area (Å²) >= 11 is 0. The number of alkyl carbamates (subject to hydrolysis) is 1. The molecule has 0 aliphatic heterocycles. The molecule has 1 atom stereocenters. The Hall–Kier alpha value is -2.37. The molecule has 0 aromatic carbocycles. The Balaban J connectivity index is 2.77. The van der Waals surface area contributed by atoms with Crippen molar-refractivity contribution < 1.29 is 19.4 Å². The minimum Gasteiger partial charge on any atom is -0.480 e. The molecular weight excluding hydrogens is 248 g/mol. The van der Waals surface area contributed by atoms with Crippen molar-refractivity contribution in [2.24, 2.45) is 0 Å². The smallest absolute Gasteiger partial charge is 0.408 e. The van der Waals surface area contributed by atoms with Crippen molar-refractivity contribution in [2.75, 3.05) is 6.61 Å². The predicted molar refractivity (Wildman–Crippen MR) is 68.7 cm³/mol. The van der Waals surface area contributed by atoms with Crippen LogP contribution in [0, 0.1) is 0 Å². The van der Waals surface area contributed by atoms with Gasteiger partial charge in [0.1, 0.15) is 12.1 Å². The van der Waals surface area contributed by atoms with E-state index in [9.17, 15) is 14.7 Å². The van der Waals surface area contributed by atoms with Crippen molar-refractivity contribution in [3.63, 3.8) is 0 Å². The number of nitrogens with zero attached hydrogens (tertiary/aromatic N) is 1. The lowest BCUT2D eigenvalue weighted by atomic mass is 9.96. The zero-order valence-corrected chi connectivity index (χ0v) is 10.6. The van der Waals surface area contributed by atoms with Gasteiger partial charge in [-0.25, -0.2) is 9.59 Å². The first-order valence-electron chi connectivity index (χ1n) is 5.67. The number of carboxylic acid groups (broad SMARTS) is 1. The Labute approximate surface area is 111 Å². The lowest BCUT2D eigenvalue weighted by molar-refractivity contribution is -0.143. The van der Waals surface area contributed by atoms with Gasteiger partial charge in [-0.05, 0) is 19.1 Å². The van der Waals surface area contributed by atoms with Gasteiger partial charge in [0.15, 0.2) is 0 Å². The molecule has 1 heterocycles. The number of hydrogen-bond donors (Lipinski definition) is 2. The summed E-state index contributed by atoms with van der Waals surface area (Å²) in [5.74, 6) is -1.16. The molecule has 1 amide bonds. The van der Waals surface area contributed by atoms with Gasteiger partial charge in [-0.2, -0.15) is 0 Å². The van der Waals surface area contributed by atoms with Crippen LogP contribution in [0.2, 0.25) is 0 Å². The van der Waals surface area contributed by atoms with Crippen LogP contribution in [0.25, 0.3) is 0 Å². The quantitative estimate of drug-likeness (QED) is 0.758. The van der Waals surface area contributed by atoms with Crippen molar-refractivity contribution in [1.29, 1.82) is 0 Å². The zero-order chi connectivity index (χ0) is 14.3. The normalized spacial score (nSPS) is 13.1. The number of pyridine rings is 1. The second-order valence-corrected chi connectivity index (χ2v) is 4.15. The van der Waals surface area contributed by atoms with Crippen LogP contribution in [-0.4, -0.2) is 34.3 Å².